The van der Waals surface area contributed by atoms with E-state index in [4.69, 9.17) is 5.11 Å². The Balaban J connectivity index is 2.19. The molecule has 1 aromatic heterocycles. The van der Waals surface area contributed by atoms with E-state index in [0.29, 0.717) is 6.42 Å². The lowest BCUT2D eigenvalue weighted by Gasteiger charge is -2.08. The zero-order valence-electron chi connectivity index (χ0n) is 8.21. The van der Waals surface area contributed by atoms with Crippen LogP contribution in [0.25, 0.3) is 0 Å². The number of hydrogen-bond acceptors (Lipinski definition) is 3. The Morgan fingerprint density at radius 2 is 2.43 bits per heavy atom. The highest BCUT2D eigenvalue weighted by Crippen LogP contribution is 2.46. The van der Waals surface area contributed by atoms with Crippen molar-refractivity contribution in [3.05, 3.63) is 12.2 Å². The van der Waals surface area contributed by atoms with Crippen LogP contribution in [0.2, 0.25) is 0 Å². The molecule has 1 aliphatic rings. The van der Waals surface area contributed by atoms with E-state index in [0.717, 1.165) is 5.82 Å². The van der Waals surface area contributed by atoms with Gasteiger partial charge in [0.05, 0.1) is 5.92 Å². The maximum absolute atomic E-state index is 10.7. The minimum atomic E-state index is -0.728. The molecule has 2 unspecified atom stereocenters. The molecule has 5 nitrogen and oxygen atoms in total. The highest BCUT2D eigenvalue weighted by molar-refractivity contribution is 5.74. The van der Waals surface area contributed by atoms with Gasteiger partial charge in [0, 0.05) is 12.0 Å². The Morgan fingerprint density at radius 3 is 2.93 bits per heavy atom. The van der Waals surface area contributed by atoms with E-state index < -0.39 is 5.97 Å². The molecule has 0 bridgehead atoms. The van der Waals surface area contributed by atoms with Crippen molar-refractivity contribution in [1.29, 1.82) is 0 Å². The summed E-state index contributed by atoms with van der Waals surface area (Å²) >= 11 is 0. The summed E-state index contributed by atoms with van der Waals surface area (Å²) in [4.78, 5) is 10.7. The van der Waals surface area contributed by atoms with Crippen LogP contribution in [0.1, 0.15) is 38.1 Å². The summed E-state index contributed by atoms with van der Waals surface area (Å²) in [7, 11) is 0. The zero-order chi connectivity index (χ0) is 10.3. The quantitative estimate of drug-likeness (QED) is 0.782. The van der Waals surface area contributed by atoms with Crippen molar-refractivity contribution >= 4 is 5.97 Å². The third-order valence-electron chi connectivity index (χ3n) is 2.60. The standard InChI is InChI=1S/C9H13N3O2/c1-5(2)12-4-10-11-8(12)6-3-7(6)9(13)14/h4-7H,3H2,1-2H3,(H,13,14). The van der Waals surface area contributed by atoms with Crippen LogP contribution >= 0.6 is 0 Å². The number of carbonyl (C=O) groups is 1. The largest absolute Gasteiger partial charge is 0.481 e. The van der Waals surface area contributed by atoms with Crippen molar-refractivity contribution in [3.8, 4) is 0 Å². The van der Waals surface area contributed by atoms with E-state index in [2.05, 4.69) is 10.2 Å². The number of carboxylic acid groups (broad SMARTS) is 1. The first-order valence-corrected chi connectivity index (χ1v) is 4.73. The highest BCUT2D eigenvalue weighted by Gasteiger charge is 2.47. The number of carboxylic acids is 1. The van der Waals surface area contributed by atoms with Gasteiger partial charge in [-0.3, -0.25) is 4.79 Å². The molecule has 0 amide bonds. The first kappa shape index (κ1) is 9.18. The molecule has 1 heterocycles. The Labute approximate surface area is 81.8 Å². The second-order valence-corrected chi connectivity index (χ2v) is 3.98. The smallest absolute Gasteiger partial charge is 0.307 e. The normalized spacial score (nSPS) is 25.4. The van der Waals surface area contributed by atoms with Crippen LogP contribution in [-0.4, -0.2) is 25.8 Å². The summed E-state index contributed by atoms with van der Waals surface area (Å²) in [6, 6.07) is 0.287. The van der Waals surface area contributed by atoms with Gasteiger partial charge in [-0.25, -0.2) is 0 Å². The van der Waals surface area contributed by atoms with Crippen molar-refractivity contribution in [2.75, 3.05) is 0 Å². The average molecular weight is 195 g/mol. The van der Waals surface area contributed by atoms with E-state index in [-0.39, 0.29) is 17.9 Å². The zero-order valence-corrected chi connectivity index (χ0v) is 8.21. The van der Waals surface area contributed by atoms with Gasteiger partial charge in [0.15, 0.2) is 0 Å². The van der Waals surface area contributed by atoms with Gasteiger partial charge >= 0.3 is 5.97 Å². The molecule has 0 radical (unpaired) electrons. The van der Waals surface area contributed by atoms with Gasteiger partial charge in [0.2, 0.25) is 0 Å². The van der Waals surface area contributed by atoms with Crippen LogP contribution in [0.15, 0.2) is 6.33 Å². The van der Waals surface area contributed by atoms with Gasteiger partial charge in [-0.1, -0.05) is 0 Å². The molecule has 76 valence electrons. The van der Waals surface area contributed by atoms with Crippen molar-refractivity contribution in [3.63, 3.8) is 0 Å². The number of hydrogen-bond donors (Lipinski definition) is 1. The Kier molecular flexibility index (Phi) is 2.02. The van der Waals surface area contributed by atoms with Crippen molar-refractivity contribution in [2.24, 2.45) is 5.92 Å². The molecule has 1 fully saturated rings. The molecule has 0 aliphatic heterocycles. The summed E-state index contributed by atoms with van der Waals surface area (Å²) in [5.74, 6) is -0.102. The Bertz CT molecular complexity index is 359. The lowest BCUT2D eigenvalue weighted by Crippen LogP contribution is -2.07. The Morgan fingerprint density at radius 1 is 1.71 bits per heavy atom. The van der Waals surface area contributed by atoms with Crippen molar-refractivity contribution < 1.29 is 9.90 Å². The van der Waals surface area contributed by atoms with Gasteiger partial charge in [-0.15, -0.1) is 10.2 Å². The minimum absolute atomic E-state index is 0.0670. The summed E-state index contributed by atoms with van der Waals surface area (Å²) in [5, 5.41) is 16.6. The second-order valence-electron chi connectivity index (χ2n) is 3.98. The third kappa shape index (κ3) is 1.38. The topological polar surface area (TPSA) is 68.0 Å². The fourth-order valence-corrected chi connectivity index (χ4v) is 1.67. The van der Waals surface area contributed by atoms with Gasteiger partial charge < -0.3 is 9.67 Å². The molecule has 1 N–H and O–H groups in total. The molecular formula is C9H13N3O2. The number of aromatic nitrogens is 3. The SMILES string of the molecule is CC(C)n1cnnc1C1CC1C(=O)O. The molecule has 1 saturated carbocycles. The van der Waals surface area contributed by atoms with Crippen molar-refractivity contribution in [1.82, 2.24) is 14.8 Å². The Hall–Kier alpha value is -1.39. The van der Waals surface area contributed by atoms with Crippen LogP contribution in [0, 0.1) is 5.92 Å². The molecular weight excluding hydrogens is 182 g/mol. The van der Waals surface area contributed by atoms with Gasteiger partial charge in [-0.2, -0.15) is 0 Å². The first-order chi connectivity index (χ1) is 6.61. The maximum Gasteiger partial charge on any atom is 0.307 e. The third-order valence-corrected chi connectivity index (χ3v) is 2.60. The number of nitrogens with zero attached hydrogens (tertiary/aromatic N) is 3. The van der Waals surface area contributed by atoms with E-state index in [9.17, 15) is 4.79 Å². The molecule has 1 aliphatic carbocycles. The minimum Gasteiger partial charge on any atom is -0.481 e. The number of aliphatic carboxylic acids is 1. The molecule has 14 heavy (non-hydrogen) atoms. The van der Waals surface area contributed by atoms with Crippen LogP contribution in [0.3, 0.4) is 0 Å². The summed E-state index contributed by atoms with van der Waals surface area (Å²) in [6.45, 7) is 4.07. The second kappa shape index (κ2) is 3.08. The van der Waals surface area contributed by atoms with Gasteiger partial charge in [-0.05, 0) is 20.3 Å². The first-order valence-electron chi connectivity index (χ1n) is 4.73. The molecule has 0 saturated heterocycles. The summed E-state index contributed by atoms with van der Waals surface area (Å²) < 4.78 is 1.94. The van der Waals surface area contributed by atoms with Crippen LogP contribution in [0.5, 0.6) is 0 Å². The van der Waals surface area contributed by atoms with E-state index >= 15 is 0 Å². The average Bonchev–Trinajstić information content (AvgIpc) is 2.75. The number of rotatable bonds is 3. The van der Waals surface area contributed by atoms with E-state index in [1.807, 2.05) is 18.4 Å². The fraction of sp³-hybridized carbons (Fsp3) is 0.667. The lowest BCUT2D eigenvalue weighted by molar-refractivity contribution is -0.138. The molecule has 0 aromatic carbocycles. The molecule has 5 heteroatoms. The molecule has 2 rings (SSSR count). The molecule has 2 atom stereocenters. The van der Waals surface area contributed by atoms with Crippen molar-refractivity contribution in [2.45, 2.75) is 32.2 Å². The molecule has 1 aromatic rings. The van der Waals surface area contributed by atoms with Crippen LogP contribution < -0.4 is 0 Å². The predicted molar refractivity (Wildman–Crippen MR) is 48.9 cm³/mol. The molecule has 0 spiro atoms. The van der Waals surface area contributed by atoms with Gasteiger partial charge in [0.1, 0.15) is 12.2 Å². The van der Waals surface area contributed by atoms with Crippen LogP contribution in [0.4, 0.5) is 0 Å². The fourth-order valence-electron chi connectivity index (χ4n) is 1.67. The lowest BCUT2D eigenvalue weighted by atomic mass is 10.3. The monoisotopic (exact) mass is 195 g/mol. The highest BCUT2D eigenvalue weighted by atomic mass is 16.4. The predicted octanol–water partition coefficient (Wildman–Crippen LogP) is 1.05. The van der Waals surface area contributed by atoms with Gasteiger partial charge in [0.25, 0.3) is 0 Å². The van der Waals surface area contributed by atoms with Crippen LogP contribution in [-0.2, 0) is 4.79 Å². The van der Waals surface area contributed by atoms with E-state index in [1.165, 1.54) is 0 Å². The van der Waals surface area contributed by atoms with E-state index in [1.54, 1.807) is 6.33 Å². The maximum atomic E-state index is 10.7. The summed E-state index contributed by atoms with van der Waals surface area (Å²) in [5.41, 5.74) is 0. The summed E-state index contributed by atoms with van der Waals surface area (Å²) in [6.07, 6.45) is 2.36.